The first-order valence-electron chi connectivity index (χ1n) is 22.1. The van der Waals surface area contributed by atoms with Gasteiger partial charge in [0.2, 0.25) is 23.6 Å². The quantitative estimate of drug-likeness (QED) is 0.0518. The van der Waals surface area contributed by atoms with Gasteiger partial charge < -0.3 is 50.6 Å². The molecule has 4 aromatic rings. The van der Waals surface area contributed by atoms with E-state index in [0.717, 1.165) is 16.5 Å². The van der Waals surface area contributed by atoms with E-state index in [-0.39, 0.29) is 31.7 Å². The Kier molecular flexibility index (Phi) is 20.0. The lowest BCUT2D eigenvalue weighted by atomic mass is 10.0. The van der Waals surface area contributed by atoms with Crippen LogP contribution in [0, 0.1) is 0 Å². The van der Waals surface area contributed by atoms with Crippen molar-refractivity contribution >= 4 is 47.8 Å². The molecule has 0 unspecified atom stereocenters. The second kappa shape index (κ2) is 25.5. The molecule has 0 fully saturated rings. The van der Waals surface area contributed by atoms with Gasteiger partial charge in [0.25, 0.3) is 0 Å². The number of ether oxygens (including phenoxy) is 4. The highest BCUT2D eigenvalue weighted by Crippen LogP contribution is 2.14. The van der Waals surface area contributed by atoms with Gasteiger partial charge in [-0.1, -0.05) is 91.0 Å². The molecule has 0 bridgehead atoms. The molecule has 0 spiro atoms. The maximum atomic E-state index is 14.1. The summed E-state index contributed by atoms with van der Waals surface area (Å²) < 4.78 is 22.7. The lowest BCUT2D eigenvalue weighted by Crippen LogP contribution is -2.58. The van der Waals surface area contributed by atoms with Crippen molar-refractivity contribution < 1.29 is 62.4 Å². The standard InChI is InChI=1S/C49H61N7O13/c1-31(57)41(44(62)53-38(45(63)69-49(5,6)7)23-32-17-11-8-12-18-32)55-39(58)26-50-42(60)37(25-40(59)68-48(2,3)4)52-43(61)36(54-46(64)66-28-33-19-13-9-14-20-33)24-35-27-56(30-51-35)47(65)67-29-34-21-15-10-16-22-34/h8-22,27,30-31,36-38,41,57H,23-26,28-29H2,1-7H3,(H,50,60)(H,52,61)(H,53,62)(H,54,64)(H,55,58)/t31-,36+,37+,38+,41+/m1/s1. The minimum absolute atomic E-state index is 0.0289. The number of aromatic nitrogens is 2. The Balaban J connectivity index is 1.49. The van der Waals surface area contributed by atoms with Crippen molar-refractivity contribution in [2.45, 2.75) is 122 Å². The number of rotatable bonds is 21. The van der Waals surface area contributed by atoms with Gasteiger partial charge in [-0.3, -0.25) is 24.0 Å². The van der Waals surface area contributed by atoms with E-state index in [2.05, 4.69) is 31.6 Å². The highest BCUT2D eigenvalue weighted by Gasteiger charge is 2.34. The highest BCUT2D eigenvalue weighted by molar-refractivity contribution is 5.96. The van der Waals surface area contributed by atoms with Crippen LogP contribution in [0.1, 0.15) is 77.3 Å². The van der Waals surface area contributed by atoms with E-state index in [1.165, 1.54) is 13.1 Å². The number of hydrogen-bond donors (Lipinski definition) is 6. The van der Waals surface area contributed by atoms with Crippen molar-refractivity contribution in [3.63, 3.8) is 0 Å². The Morgan fingerprint density at radius 3 is 1.71 bits per heavy atom. The van der Waals surface area contributed by atoms with Crippen LogP contribution in [0.5, 0.6) is 0 Å². The second-order valence-electron chi connectivity index (χ2n) is 17.9. The van der Waals surface area contributed by atoms with Crippen LogP contribution in [0.2, 0.25) is 0 Å². The number of imidazole rings is 1. The molecule has 0 aliphatic heterocycles. The lowest BCUT2D eigenvalue weighted by Gasteiger charge is -2.27. The molecule has 20 heteroatoms. The third kappa shape index (κ3) is 19.6. The summed E-state index contributed by atoms with van der Waals surface area (Å²) in [6.07, 6.45) is -1.91. The molecular weight excluding hydrogens is 895 g/mol. The predicted molar refractivity (Wildman–Crippen MR) is 248 cm³/mol. The van der Waals surface area contributed by atoms with Gasteiger partial charge in [-0.15, -0.1) is 0 Å². The molecule has 6 N–H and O–H groups in total. The molecule has 69 heavy (non-hydrogen) atoms. The SMILES string of the molecule is C[C@@H](O)[C@H](NC(=O)CNC(=O)[C@H](CC(=O)OC(C)(C)C)NC(=O)[C@H](Cc1cn(C(=O)OCc2ccccc2)cn1)NC(=O)OCc1ccccc1)C(=O)N[C@@H](Cc1ccccc1)C(=O)OC(C)(C)C. The van der Waals surface area contributed by atoms with Gasteiger partial charge in [-0.05, 0) is 65.2 Å². The number of carbonyl (C=O) groups excluding carboxylic acids is 8. The molecule has 20 nitrogen and oxygen atoms in total. The highest BCUT2D eigenvalue weighted by atomic mass is 16.6. The molecule has 1 aromatic heterocycles. The smallest absolute Gasteiger partial charge is 0.419 e. The first kappa shape index (κ1) is 54.0. The maximum absolute atomic E-state index is 14.1. The van der Waals surface area contributed by atoms with Gasteiger partial charge in [-0.2, -0.15) is 0 Å². The van der Waals surface area contributed by atoms with Crippen LogP contribution in [-0.4, -0.2) is 110 Å². The third-order valence-corrected chi connectivity index (χ3v) is 9.51. The minimum Gasteiger partial charge on any atom is -0.460 e. The van der Waals surface area contributed by atoms with Gasteiger partial charge in [0.05, 0.1) is 24.8 Å². The van der Waals surface area contributed by atoms with Crippen LogP contribution in [0.3, 0.4) is 0 Å². The number of nitrogens with one attached hydrogen (secondary N) is 5. The summed E-state index contributed by atoms with van der Waals surface area (Å²) in [5.41, 5.74) is 0.310. The van der Waals surface area contributed by atoms with E-state index >= 15 is 0 Å². The average molecular weight is 956 g/mol. The zero-order valence-corrected chi connectivity index (χ0v) is 39.7. The summed E-state index contributed by atoms with van der Waals surface area (Å²) in [5, 5.41) is 22.7. The average Bonchev–Trinajstić information content (AvgIpc) is 3.76. The van der Waals surface area contributed by atoms with Crippen molar-refractivity contribution in [1.29, 1.82) is 0 Å². The molecule has 0 aliphatic rings. The van der Waals surface area contributed by atoms with Crippen molar-refractivity contribution in [3.05, 3.63) is 126 Å². The van der Waals surface area contributed by atoms with Crippen LogP contribution < -0.4 is 26.6 Å². The van der Waals surface area contributed by atoms with Gasteiger partial charge in [0.1, 0.15) is 54.9 Å². The number of aliphatic hydroxyl groups excluding tert-OH is 1. The fourth-order valence-electron chi connectivity index (χ4n) is 6.32. The molecule has 0 radical (unpaired) electrons. The number of benzene rings is 3. The summed E-state index contributed by atoms with van der Waals surface area (Å²) in [5.74, 6) is -5.61. The van der Waals surface area contributed by atoms with Crippen LogP contribution in [0.15, 0.2) is 104 Å². The Morgan fingerprint density at radius 2 is 1.16 bits per heavy atom. The molecule has 0 aliphatic carbocycles. The van der Waals surface area contributed by atoms with Crippen LogP contribution in [0.25, 0.3) is 0 Å². The second-order valence-corrected chi connectivity index (χ2v) is 17.9. The zero-order chi connectivity index (χ0) is 50.7. The molecule has 4 rings (SSSR count). The Labute approximate surface area is 400 Å². The van der Waals surface area contributed by atoms with Gasteiger partial charge >= 0.3 is 24.1 Å². The zero-order valence-electron chi connectivity index (χ0n) is 39.7. The van der Waals surface area contributed by atoms with Gasteiger partial charge in [0, 0.05) is 19.0 Å². The molecular formula is C49H61N7O13. The van der Waals surface area contributed by atoms with Crippen molar-refractivity contribution in [1.82, 2.24) is 36.1 Å². The van der Waals surface area contributed by atoms with Gasteiger partial charge in [-0.25, -0.2) is 23.9 Å². The predicted octanol–water partition coefficient (Wildman–Crippen LogP) is 3.17. The fourth-order valence-corrected chi connectivity index (χ4v) is 6.32. The minimum atomic E-state index is -1.71. The maximum Gasteiger partial charge on any atom is 0.419 e. The third-order valence-electron chi connectivity index (χ3n) is 9.51. The Hall–Kier alpha value is -7.61. The first-order valence-corrected chi connectivity index (χ1v) is 22.1. The molecule has 5 atom stereocenters. The van der Waals surface area contributed by atoms with Crippen molar-refractivity contribution in [2.24, 2.45) is 0 Å². The summed E-state index contributed by atoms with van der Waals surface area (Å²) >= 11 is 0. The van der Waals surface area contributed by atoms with E-state index in [0.29, 0.717) is 11.1 Å². The first-order chi connectivity index (χ1) is 32.5. The number of nitrogens with zero attached hydrogens (tertiary/aromatic N) is 2. The fraction of sp³-hybridized carbons (Fsp3) is 0.408. The van der Waals surface area contributed by atoms with E-state index < -0.39 is 102 Å². The monoisotopic (exact) mass is 955 g/mol. The molecule has 370 valence electrons. The Bertz CT molecular complexity index is 2360. The normalized spacial score (nSPS) is 13.4. The topological polar surface area (TPSA) is 272 Å². The number of aliphatic hydroxyl groups is 1. The molecule has 5 amide bonds. The number of carbonyl (C=O) groups is 8. The number of amides is 5. The Morgan fingerprint density at radius 1 is 0.623 bits per heavy atom. The molecule has 3 aromatic carbocycles. The van der Waals surface area contributed by atoms with E-state index in [4.69, 9.17) is 18.9 Å². The number of alkyl carbamates (subject to hydrolysis) is 1. The van der Waals surface area contributed by atoms with Crippen LogP contribution in [0.4, 0.5) is 9.59 Å². The van der Waals surface area contributed by atoms with E-state index in [1.54, 1.807) is 126 Å². The van der Waals surface area contributed by atoms with Crippen molar-refractivity contribution in [3.8, 4) is 0 Å². The van der Waals surface area contributed by atoms with E-state index in [9.17, 15) is 43.5 Å². The largest absolute Gasteiger partial charge is 0.460 e. The molecule has 1 heterocycles. The number of esters is 2. The number of hydrogen-bond acceptors (Lipinski definition) is 14. The summed E-state index contributed by atoms with van der Waals surface area (Å²) in [7, 11) is 0. The summed E-state index contributed by atoms with van der Waals surface area (Å²) in [6, 6.07) is 20.4. The van der Waals surface area contributed by atoms with Crippen LogP contribution in [-0.2, 0) is 73.8 Å². The molecule has 0 saturated carbocycles. The summed E-state index contributed by atoms with van der Waals surface area (Å²) in [4.78, 5) is 111. The van der Waals surface area contributed by atoms with Gasteiger partial charge in [0.15, 0.2) is 0 Å². The van der Waals surface area contributed by atoms with Crippen LogP contribution >= 0.6 is 0 Å². The summed E-state index contributed by atoms with van der Waals surface area (Å²) in [6.45, 7) is 9.98. The lowest BCUT2D eigenvalue weighted by molar-refractivity contribution is -0.159. The van der Waals surface area contributed by atoms with Crippen molar-refractivity contribution in [2.75, 3.05) is 6.54 Å². The molecule has 0 saturated heterocycles. The van der Waals surface area contributed by atoms with E-state index in [1.807, 2.05) is 6.07 Å².